The number of likely N-dealkylation sites (tertiary alicyclic amines) is 1. The fraction of sp³-hybridized carbons (Fsp3) is 0.500. The predicted octanol–water partition coefficient (Wildman–Crippen LogP) is 2.02. The summed E-state index contributed by atoms with van der Waals surface area (Å²) >= 11 is 0. The highest BCUT2D eigenvalue weighted by Crippen LogP contribution is 2.23. The van der Waals surface area contributed by atoms with Crippen molar-refractivity contribution < 1.29 is 18.8 Å². The van der Waals surface area contributed by atoms with Crippen molar-refractivity contribution in [2.24, 2.45) is 5.92 Å². The SMILES string of the molecule is O=C(O)CCC1CCN(Cc2noc(-c3ccco3)n2)C1. The second-order valence-corrected chi connectivity index (χ2v) is 5.32. The molecule has 3 heterocycles. The first-order valence-electron chi connectivity index (χ1n) is 7.01. The number of hydrogen-bond acceptors (Lipinski definition) is 6. The van der Waals surface area contributed by atoms with E-state index in [1.165, 1.54) is 0 Å². The van der Waals surface area contributed by atoms with Crippen molar-refractivity contribution in [3.8, 4) is 11.7 Å². The number of rotatable bonds is 6. The van der Waals surface area contributed by atoms with Crippen molar-refractivity contribution >= 4 is 5.97 Å². The summed E-state index contributed by atoms with van der Waals surface area (Å²) in [6, 6.07) is 3.54. The van der Waals surface area contributed by atoms with Crippen molar-refractivity contribution in [3.63, 3.8) is 0 Å². The number of carbonyl (C=O) groups is 1. The minimum absolute atomic E-state index is 0.239. The normalized spacial score (nSPS) is 19.1. The summed E-state index contributed by atoms with van der Waals surface area (Å²) in [5, 5.41) is 12.7. The average molecular weight is 291 g/mol. The third kappa shape index (κ3) is 3.49. The molecule has 2 aromatic rings. The lowest BCUT2D eigenvalue weighted by Crippen LogP contribution is -2.21. The van der Waals surface area contributed by atoms with E-state index in [0.29, 0.717) is 29.9 Å². The molecule has 0 aromatic carbocycles. The molecule has 112 valence electrons. The van der Waals surface area contributed by atoms with E-state index in [4.69, 9.17) is 14.0 Å². The van der Waals surface area contributed by atoms with Crippen LogP contribution >= 0.6 is 0 Å². The molecule has 0 radical (unpaired) electrons. The molecule has 7 heteroatoms. The summed E-state index contributed by atoms with van der Waals surface area (Å²) in [5.74, 6) is 1.29. The van der Waals surface area contributed by atoms with Gasteiger partial charge in [0.15, 0.2) is 11.6 Å². The summed E-state index contributed by atoms with van der Waals surface area (Å²) in [6.45, 7) is 2.45. The first-order chi connectivity index (χ1) is 10.2. The summed E-state index contributed by atoms with van der Waals surface area (Å²) in [7, 11) is 0. The molecule has 2 aromatic heterocycles. The molecule has 1 fully saturated rings. The number of aromatic nitrogens is 2. The van der Waals surface area contributed by atoms with Crippen molar-refractivity contribution in [2.45, 2.75) is 25.8 Å². The quantitative estimate of drug-likeness (QED) is 0.870. The lowest BCUT2D eigenvalue weighted by molar-refractivity contribution is -0.137. The monoisotopic (exact) mass is 291 g/mol. The number of furan rings is 1. The fourth-order valence-electron chi connectivity index (χ4n) is 2.64. The van der Waals surface area contributed by atoms with Crippen LogP contribution in [0.4, 0.5) is 0 Å². The molecule has 1 aliphatic rings. The molecular weight excluding hydrogens is 274 g/mol. The van der Waals surface area contributed by atoms with Crippen molar-refractivity contribution in [1.82, 2.24) is 15.0 Å². The molecule has 0 bridgehead atoms. The molecule has 7 nitrogen and oxygen atoms in total. The van der Waals surface area contributed by atoms with E-state index < -0.39 is 5.97 Å². The second-order valence-electron chi connectivity index (χ2n) is 5.32. The van der Waals surface area contributed by atoms with E-state index in [2.05, 4.69) is 15.0 Å². The summed E-state index contributed by atoms with van der Waals surface area (Å²) in [6.07, 6.45) is 3.56. The predicted molar refractivity (Wildman–Crippen MR) is 72.3 cm³/mol. The van der Waals surface area contributed by atoms with Gasteiger partial charge in [0.2, 0.25) is 0 Å². The molecule has 1 unspecified atom stereocenters. The van der Waals surface area contributed by atoms with Crippen molar-refractivity contribution in [3.05, 3.63) is 24.2 Å². The summed E-state index contributed by atoms with van der Waals surface area (Å²) in [5.41, 5.74) is 0. The molecule has 21 heavy (non-hydrogen) atoms. The van der Waals surface area contributed by atoms with Crippen LogP contribution in [0.25, 0.3) is 11.7 Å². The van der Waals surface area contributed by atoms with Crippen molar-refractivity contribution in [1.29, 1.82) is 0 Å². The highest BCUT2D eigenvalue weighted by molar-refractivity contribution is 5.66. The van der Waals surface area contributed by atoms with Gasteiger partial charge in [-0.1, -0.05) is 5.16 Å². The van der Waals surface area contributed by atoms with Crippen molar-refractivity contribution in [2.75, 3.05) is 13.1 Å². The lowest BCUT2D eigenvalue weighted by atomic mass is 10.0. The Hall–Kier alpha value is -2.15. The van der Waals surface area contributed by atoms with Crippen LogP contribution < -0.4 is 0 Å². The highest BCUT2D eigenvalue weighted by Gasteiger charge is 2.24. The molecule has 1 aliphatic heterocycles. The van der Waals surface area contributed by atoms with E-state index in [-0.39, 0.29) is 6.42 Å². The van der Waals surface area contributed by atoms with Crippen LogP contribution in [0.5, 0.6) is 0 Å². The van der Waals surface area contributed by atoms with Gasteiger partial charge < -0.3 is 14.0 Å². The van der Waals surface area contributed by atoms with E-state index in [0.717, 1.165) is 25.9 Å². The standard InChI is InChI=1S/C14H17N3O4/c18-13(19)4-3-10-5-6-17(8-10)9-12-15-14(21-16-12)11-2-1-7-20-11/h1-2,7,10H,3-6,8-9H2,(H,18,19). The highest BCUT2D eigenvalue weighted by atomic mass is 16.5. The number of carboxylic acid groups (broad SMARTS) is 1. The first kappa shape index (κ1) is 13.8. The van der Waals surface area contributed by atoms with Crippen LogP contribution in [-0.4, -0.2) is 39.2 Å². The topological polar surface area (TPSA) is 92.6 Å². The molecule has 0 saturated carbocycles. The maximum absolute atomic E-state index is 10.6. The smallest absolute Gasteiger partial charge is 0.303 e. The van der Waals surface area contributed by atoms with Gasteiger partial charge >= 0.3 is 5.97 Å². The van der Waals surface area contributed by atoms with Gasteiger partial charge in [0, 0.05) is 13.0 Å². The largest absolute Gasteiger partial charge is 0.481 e. The van der Waals surface area contributed by atoms with E-state index >= 15 is 0 Å². The van der Waals surface area contributed by atoms with E-state index in [9.17, 15) is 4.79 Å². The Morgan fingerprint density at radius 1 is 1.52 bits per heavy atom. The van der Waals surface area contributed by atoms with E-state index in [1.807, 2.05) is 0 Å². The van der Waals surface area contributed by atoms with Gasteiger partial charge in [0.1, 0.15) is 0 Å². The van der Waals surface area contributed by atoms with E-state index in [1.54, 1.807) is 18.4 Å². The van der Waals surface area contributed by atoms with Crippen LogP contribution in [-0.2, 0) is 11.3 Å². The van der Waals surface area contributed by atoms with Gasteiger partial charge in [0.05, 0.1) is 12.8 Å². The molecule has 0 spiro atoms. The maximum atomic E-state index is 10.6. The number of aliphatic carboxylic acids is 1. The summed E-state index contributed by atoms with van der Waals surface area (Å²) < 4.78 is 10.4. The zero-order valence-corrected chi connectivity index (χ0v) is 11.6. The van der Waals surface area contributed by atoms with Crippen LogP contribution in [0.1, 0.15) is 25.1 Å². The Bertz CT molecular complexity index is 593. The first-order valence-corrected chi connectivity index (χ1v) is 7.01. The molecule has 1 saturated heterocycles. The van der Waals surface area contributed by atoms with Gasteiger partial charge in [-0.2, -0.15) is 4.98 Å². The average Bonchev–Trinajstić information content (AvgIpc) is 3.18. The third-order valence-corrected chi connectivity index (χ3v) is 3.70. The second kappa shape index (κ2) is 6.09. The fourth-order valence-corrected chi connectivity index (χ4v) is 2.64. The van der Waals surface area contributed by atoms with Crippen LogP contribution in [0.2, 0.25) is 0 Å². The molecule has 0 aliphatic carbocycles. The lowest BCUT2D eigenvalue weighted by Gasteiger charge is -2.12. The molecule has 3 rings (SSSR count). The molecule has 1 atom stereocenters. The third-order valence-electron chi connectivity index (χ3n) is 3.70. The van der Waals surface area contributed by atoms with Gasteiger partial charge in [0.25, 0.3) is 5.89 Å². The minimum Gasteiger partial charge on any atom is -0.481 e. The Labute approximate surface area is 121 Å². The van der Waals surface area contributed by atoms with Crippen LogP contribution in [0.3, 0.4) is 0 Å². The number of hydrogen-bond donors (Lipinski definition) is 1. The maximum Gasteiger partial charge on any atom is 0.303 e. The Morgan fingerprint density at radius 2 is 2.43 bits per heavy atom. The van der Waals surface area contributed by atoms with Crippen LogP contribution in [0, 0.1) is 5.92 Å². The summed E-state index contributed by atoms with van der Waals surface area (Å²) in [4.78, 5) is 17.1. The van der Waals surface area contributed by atoms with Gasteiger partial charge in [-0.3, -0.25) is 9.69 Å². The van der Waals surface area contributed by atoms with Crippen LogP contribution in [0.15, 0.2) is 27.3 Å². The van der Waals surface area contributed by atoms with Gasteiger partial charge in [-0.25, -0.2) is 0 Å². The Kier molecular flexibility index (Phi) is 4.01. The Morgan fingerprint density at radius 3 is 3.19 bits per heavy atom. The number of nitrogens with zero attached hydrogens (tertiary/aromatic N) is 3. The minimum atomic E-state index is -0.727. The number of carboxylic acids is 1. The van der Waals surface area contributed by atoms with Gasteiger partial charge in [-0.05, 0) is 37.4 Å². The zero-order valence-electron chi connectivity index (χ0n) is 11.6. The Balaban J connectivity index is 1.52. The zero-order chi connectivity index (χ0) is 14.7. The molecule has 1 N–H and O–H groups in total. The van der Waals surface area contributed by atoms with Gasteiger partial charge in [-0.15, -0.1) is 0 Å². The molecule has 0 amide bonds. The molecular formula is C14H17N3O4.